The third kappa shape index (κ3) is 4.47. The van der Waals surface area contributed by atoms with Gasteiger partial charge in [-0.15, -0.1) is 0 Å². The maximum Gasteiger partial charge on any atom is 0.320 e. The summed E-state index contributed by atoms with van der Waals surface area (Å²) in [6.45, 7) is 4.45. The monoisotopic (exact) mass is 294 g/mol. The molecule has 1 saturated carbocycles. The van der Waals surface area contributed by atoms with E-state index in [1.165, 1.54) is 12.8 Å². The summed E-state index contributed by atoms with van der Waals surface area (Å²) in [5, 5.41) is 18.2. The summed E-state index contributed by atoms with van der Waals surface area (Å²) < 4.78 is 1.96. The minimum absolute atomic E-state index is 0.0485. The molecule has 7 heteroatoms. The molecule has 3 N–H and O–H groups in total. The van der Waals surface area contributed by atoms with Gasteiger partial charge >= 0.3 is 12.0 Å². The van der Waals surface area contributed by atoms with E-state index < -0.39 is 5.97 Å². The molecule has 7 nitrogen and oxygen atoms in total. The van der Waals surface area contributed by atoms with Crippen molar-refractivity contribution in [2.75, 3.05) is 11.9 Å². The number of hydrogen-bond donors (Lipinski definition) is 3. The molecular weight excluding hydrogens is 272 g/mol. The average molecular weight is 294 g/mol. The normalized spacial score (nSPS) is 15.5. The van der Waals surface area contributed by atoms with Gasteiger partial charge in [0, 0.05) is 24.7 Å². The van der Waals surface area contributed by atoms with Gasteiger partial charge in [0.05, 0.1) is 6.04 Å². The van der Waals surface area contributed by atoms with Crippen LogP contribution in [0.4, 0.5) is 10.6 Å². The number of aryl methyl sites for hydroxylation is 1. The van der Waals surface area contributed by atoms with E-state index in [1.54, 1.807) is 0 Å². The molecule has 1 aliphatic rings. The highest BCUT2D eigenvalue weighted by Gasteiger charge is 2.30. The predicted octanol–water partition coefficient (Wildman–Crippen LogP) is 2.15. The Labute approximate surface area is 123 Å². The SMILES string of the molecule is Cc1cc(NC(=O)NCCCC(=O)O)nn1C(C)C1CC1. The Hall–Kier alpha value is -2.05. The molecule has 2 amide bonds. The van der Waals surface area contributed by atoms with Crippen LogP contribution in [-0.2, 0) is 4.79 Å². The van der Waals surface area contributed by atoms with Gasteiger partial charge in [0.25, 0.3) is 0 Å². The fraction of sp³-hybridized carbons (Fsp3) is 0.643. The number of nitrogens with zero attached hydrogens (tertiary/aromatic N) is 2. The highest BCUT2D eigenvalue weighted by molar-refractivity contribution is 5.88. The molecule has 2 rings (SSSR count). The molecule has 1 aromatic rings. The van der Waals surface area contributed by atoms with Crippen molar-refractivity contribution >= 4 is 17.8 Å². The Bertz CT molecular complexity index is 522. The number of carboxylic acids is 1. The van der Waals surface area contributed by atoms with Crippen molar-refractivity contribution in [1.82, 2.24) is 15.1 Å². The number of nitrogens with one attached hydrogen (secondary N) is 2. The molecule has 0 saturated heterocycles. The van der Waals surface area contributed by atoms with E-state index in [1.807, 2.05) is 17.7 Å². The minimum Gasteiger partial charge on any atom is -0.481 e. The lowest BCUT2D eigenvalue weighted by molar-refractivity contribution is -0.137. The molecule has 0 aromatic carbocycles. The van der Waals surface area contributed by atoms with Crippen LogP contribution < -0.4 is 10.6 Å². The first-order valence-electron chi connectivity index (χ1n) is 7.30. The van der Waals surface area contributed by atoms with Gasteiger partial charge < -0.3 is 10.4 Å². The van der Waals surface area contributed by atoms with E-state index in [9.17, 15) is 9.59 Å². The molecule has 1 fully saturated rings. The van der Waals surface area contributed by atoms with Gasteiger partial charge in [-0.3, -0.25) is 14.8 Å². The second-order valence-corrected chi connectivity index (χ2v) is 5.57. The molecule has 1 aromatic heterocycles. The minimum atomic E-state index is -0.861. The summed E-state index contributed by atoms with van der Waals surface area (Å²) in [6.07, 6.45) is 2.95. The van der Waals surface area contributed by atoms with Crippen molar-refractivity contribution in [1.29, 1.82) is 0 Å². The average Bonchev–Trinajstić information content (AvgIpc) is 3.19. The van der Waals surface area contributed by atoms with Crippen LogP contribution in [-0.4, -0.2) is 33.4 Å². The second-order valence-electron chi connectivity index (χ2n) is 5.57. The van der Waals surface area contributed by atoms with E-state index in [0.717, 1.165) is 5.69 Å². The summed E-state index contributed by atoms with van der Waals surface area (Å²) >= 11 is 0. The first-order valence-corrected chi connectivity index (χ1v) is 7.30. The molecule has 0 bridgehead atoms. The lowest BCUT2D eigenvalue weighted by atomic mass is 10.2. The van der Waals surface area contributed by atoms with Crippen LogP contribution in [0.2, 0.25) is 0 Å². The highest BCUT2D eigenvalue weighted by Crippen LogP contribution is 2.39. The second kappa shape index (κ2) is 6.60. The van der Waals surface area contributed by atoms with Gasteiger partial charge in [-0.2, -0.15) is 5.10 Å². The summed E-state index contributed by atoms with van der Waals surface area (Å²) in [6, 6.07) is 1.85. The Kier molecular flexibility index (Phi) is 4.82. The van der Waals surface area contributed by atoms with Gasteiger partial charge in [0.1, 0.15) is 0 Å². The standard InChI is InChI=1S/C14H22N4O3/c1-9-8-12(17-18(9)10(2)11-5-6-11)16-14(21)15-7-3-4-13(19)20/h8,10-11H,3-7H2,1-2H3,(H,19,20)(H2,15,16,17,21). The first-order chi connectivity index (χ1) is 9.97. The van der Waals surface area contributed by atoms with Crippen LogP contribution >= 0.6 is 0 Å². The van der Waals surface area contributed by atoms with Crippen molar-refractivity contribution < 1.29 is 14.7 Å². The number of carbonyl (C=O) groups excluding carboxylic acids is 1. The number of carbonyl (C=O) groups is 2. The van der Waals surface area contributed by atoms with E-state index in [-0.39, 0.29) is 12.5 Å². The Morgan fingerprint density at radius 2 is 2.24 bits per heavy atom. The van der Waals surface area contributed by atoms with Crippen molar-refractivity contribution in [3.8, 4) is 0 Å². The van der Waals surface area contributed by atoms with Crippen LogP contribution in [0.25, 0.3) is 0 Å². The fourth-order valence-corrected chi connectivity index (χ4v) is 2.34. The Morgan fingerprint density at radius 3 is 2.86 bits per heavy atom. The molecule has 0 aliphatic heterocycles. The molecule has 21 heavy (non-hydrogen) atoms. The molecule has 0 radical (unpaired) electrons. The van der Waals surface area contributed by atoms with Crippen molar-refractivity contribution in [3.63, 3.8) is 0 Å². The number of hydrogen-bond acceptors (Lipinski definition) is 3. The number of anilines is 1. The van der Waals surface area contributed by atoms with E-state index in [2.05, 4.69) is 22.7 Å². The summed E-state index contributed by atoms with van der Waals surface area (Å²) in [7, 11) is 0. The molecular formula is C14H22N4O3. The van der Waals surface area contributed by atoms with Gasteiger partial charge in [0.15, 0.2) is 5.82 Å². The van der Waals surface area contributed by atoms with Crippen LogP contribution in [0.1, 0.15) is 44.3 Å². The van der Waals surface area contributed by atoms with E-state index >= 15 is 0 Å². The maximum absolute atomic E-state index is 11.7. The van der Waals surface area contributed by atoms with Gasteiger partial charge in [-0.25, -0.2) is 4.79 Å². The molecule has 1 aliphatic carbocycles. The quantitative estimate of drug-likeness (QED) is 0.671. The number of aromatic nitrogens is 2. The summed E-state index contributed by atoms with van der Waals surface area (Å²) in [5.74, 6) is 0.359. The number of carboxylic acid groups (broad SMARTS) is 1. The number of rotatable bonds is 7. The van der Waals surface area contributed by atoms with Crippen LogP contribution in [0.5, 0.6) is 0 Å². The van der Waals surface area contributed by atoms with Crippen molar-refractivity contribution in [2.45, 2.75) is 45.6 Å². The Balaban J connectivity index is 1.81. The number of urea groups is 1. The van der Waals surface area contributed by atoms with E-state index in [4.69, 9.17) is 5.11 Å². The zero-order chi connectivity index (χ0) is 15.4. The fourth-order valence-electron chi connectivity index (χ4n) is 2.34. The third-order valence-corrected chi connectivity index (χ3v) is 3.71. The molecule has 1 unspecified atom stereocenters. The highest BCUT2D eigenvalue weighted by atomic mass is 16.4. The topological polar surface area (TPSA) is 96.2 Å². The number of aliphatic carboxylic acids is 1. The largest absolute Gasteiger partial charge is 0.481 e. The molecule has 1 heterocycles. The van der Waals surface area contributed by atoms with Gasteiger partial charge in [-0.1, -0.05) is 0 Å². The zero-order valence-electron chi connectivity index (χ0n) is 12.4. The van der Waals surface area contributed by atoms with Crippen LogP contribution in [0.15, 0.2) is 6.07 Å². The molecule has 0 spiro atoms. The van der Waals surface area contributed by atoms with Gasteiger partial charge in [-0.05, 0) is 39.0 Å². The van der Waals surface area contributed by atoms with Crippen molar-refractivity contribution in [2.24, 2.45) is 5.92 Å². The number of amides is 2. The van der Waals surface area contributed by atoms with Crippen LogP contribution in [0, 0.1) is 12.8 Å². The molecule has 116 valence electrons. The maximum atomic E-state index is 11.7. The first kappa shape index (κ1) is 15.3. The smallest absolute Gasteiger partial charge is 0.320 e. The van der Waals surface area contributed by atoms with E-state index in [0.29, 0.717) is 30.7 Å². The Morgan fingerprint density at radius 1 is 1.52 bits per heavy atom. The lowest BCUT2D eigenvalue weighted by Gasteiger charge is -2.12. The summed E-state index contributed by atoms with van der Waals surface area (Å²) in [4.78, 5) is 22.0. The van der Waals surface area contributed by atoms with Gasteiger partial charge in [0.2, 0.25) is 0 Å². The molecule has 1 atom stereocenters. The summed E-state index contributed by atoms with van der Waals surface area (Å²) in [5.41, 5.74) is 1.02. The predicted molar refractivity (Wildman–Crippen MR) is 78.3 cm³/mol. The zero-order valence-corrected chi connectivity index (χ0v) is 12.4. The van der Waals surface area contributed by atoms with Crippen LogP contribution in [0.3, 0.4) is 0 Å². The third-order valence-electron chi connectivity index (χ3n) is 3.71. The van der Waals surface area contributed by atoms with Crippen molar-refractivity contribution in [3.05, 3.63) is 11.8 Å². The lowest BCUT2D eigenvalue weighted by Crippen LogP contribution is -2.30.